The van der Waals surface area contributed by atoms with E-state index in [4.69, 9.17) is 9.26 Å². The van der Waals surface area contributed by atoms with E-state index in [1.165, 1.54) is 5.56 Å². The van der Waals surface area contributed by atoms with Gasteiger partial charge in [-0.05, 0) is 18.2 Å². The van der Waals surface area contributed by atoms with Gasteiger partial charge in [-0.2, -0.15) is 4.98 Å². The summed E-state index contributed by atoms with van der Waals surface area (Å²) < 4.78 is 11.2. The molecule has 146 valence electrons. The second-order valence-electron chi connectivity index (χ2n) is 6.91. The van der Waals surface area contributed by atoms with Gasteiger partial charge < -0.3 is 9.26 Å². The highest BCUT2D eigenvalue weighted by Crippen LogP contribution is 2.26. The van der Waals surface area contributed by atoms with E-state index in [0.29, 0.717) is 5.89 Å². The Bertz CT molecular complexity index is 875. The maximum atomic E-state index is 6.04. The lowest BCUT2D eigenvalue weighted by atomic mass is 10.1. The third-order valence-electron chi connectivity index (χ3n) is 4.87. The average Bonchev–Trinajstić information content (AvgIpc) is 3.19. The third-order valence-corrected chi connectivity index (χ3v) is 4.87. The molecule has 0 N–H and O–H groups in total. The van der Waals surface area contributed by atoms with Gasteiger partial charge in [0.15, 0.2) is 5.82 Å². The van der Waals surface area contributed by atoms with E-state index in [9.17, 15) is 0 Å². The van der Waals surface area contributed by atoms with Crippen LogP contribution in [0.4, 0.5) is 0 Å². The van der Waals surface area contributed by atoms with Gasteiger partial charge in [-0.1, -0.05) is 30.3 Å². The van der Waals surface area contributed by atoms with Crippen molar-refractivity contribution in [2.24, 2.45) is 0 Å². The summed E-state index contributed by atoms with van der Waals surface area (Å²) in [5.74, 6) is 3.13. The van der Waals surface area contributed by atoms with Gasteiger partial charge in [-0.3, -0.25) is 14.8 Å². The zero-order valence-electron chi connectivity index (χ0n) is 16.1. The maximum Gasteiger partial charge on any atom is 0.226 e. The summed E-state index contributed by atoms with van der Waals surface area (Å²) in [7, 11) is 0. The lowest BCUT2D eigenvalue weighted by Gasteiger charge is -2.34. The van der Waals surface area contributed by atoms with Crippen molar-refractivity contribution in [1.29, 1.82) is 0 Å². The minimum atomic E-state index is 0.707. The lowest BCUT2D eigenvalue weighted by molar-refractivity contribution is 0.118. The van der Waals surface area contributed by atoms with Crippen LogP contribution >= 0.6 is 0 Å². The smallest absolute Gasteiger partial charge is 0.226 e. The topological polar surface area (TPSA) is 67.5 Å². The number of para-hydroxylation sites is 1. The number of piperazine rings is 1. The van der Waals surface area contributed by atoms with Gasteiger partial charge in [-0.25, -0.2) is 0 Å². The Hall–Kier alpha value is -2.77. The Morgan fingerprint density at radius 1 is 1.00 bits per heavy atom. The van der Waals surface area contributed by atoms with Crippen LogP contribution in [0.25, 0.3) is 0 Å². The molecule has 3 aromatic rings. The summed E-state index contributed by atoms with van der Waals surface area (Å²) in [5.41, 5.74) is 1.19. The van der Waals surface area contributed by atoms with Crippen molar-refractivity contribution >= 4 is 0 Å². The Morgan fingerprint density at radius 2 is 1.79 bits per heavy atom. The SMILES string of the molecule is CCc1nc(CN2CCN(Cc3ccccc3Oc3cccnc3)CC2)no1. The molecule has 1 aliphatic heterocycles. The van der Waals surface area contributed by atoms with Gasteiger partial charge in [-0.15, -0.1) is 0 Å². The van der Waals surface area contributed by atoms with Crippen LogP contribution in [0.5, 0.6) is 11.5 Å². The molecule has 0 saturated carbocycles. The molecule has 4 rings (SSSR count). The van der Waals surface area contributed by atoms with Gasteiger partial charge in [0.25, 0.3) is 0 Å². The number of nitrogens with zero attached hydrogens (tertiary/aromatic N) is 5. The van der Waals surface area contributed by atoms with Crippen molar-refractivity contribution in [3.05, 3.63) is 66.1 Å². The zero-order chi connectivity index (χ0) is 19.2. The van der Waals surface area contributed by atoms with Gasteiger partial charge in [0.05, 0.1) is 12.7 Å². The van der Waals surface area contributed by atoms with Crippen molar-refractivity contribution in [1.82, 2.24) is 24.9 Å². The molecule has 7 nitrogen and oxygen atoms in total. The first kappa shape index (κ1) is 18.6. The van der Waals surface area contributed by atoms with E-state index < -0.39 is 0 Å². The summed E-state index contributed by atoms with van der Waals surface area (Å²) >= 11 is 0. The van der Waals surface area contributed by atoms with Crippen LogP contribution in [-0.4, -0.2) is 51.1 Å². The summed E-state index contributed by atoms with van der Waals surface area (Å²) in [6.07, 6.45) is 4.26. The highest BCUT2D eigenvalue weighted by molar-refractivity contribution is 5.37. The molecular formula is C21H25N5O2. The molecule has 1 saturated heterocycles. The molecule has 1 aromatic carbocycles. The molecule has 1 fully saturated rings. The van der Waals surface area contributed by atoms with E-state index in [1.54, 1.807) is 12.4 Å². The van der Waals surface area contributed by atoms with Crippen LogP contribution in [-0.2, 0) is 19.5 Å². The molecule has 3 heterocycles. The molecule has 0 unspecified atom stereocenters. The predicted octanol–water partition coefficient (Wildman–Crippen LogP) is 3.14. The second kappa shape index (κ2) is 8.95. The molecule has 0 amide bonds. The Balaban J connectivity index is 1.32. The Kier molecular flexibility index (Phi) is 5.94. The lowest BCUT2D eigenvalue weighted by Crippen LogP contribution is -2.45. The first-order valence-electron chi connectivity index (χ1n) is 9.72. The van der Waals surface area contributed by atoms with Crippen LogP contribution in [0.3, 0.4) is 0 Å². The van der Waals surface area contributed by atoms with Crippen LogP contribution < -0.4 is 4.74 Å². The molecule has 2 aromatic heterocycles. The Morgan fingerprint density at radius 3 is 2.50 bits per heavy atom. The normalized spacial score (nSPS) is 15.6. The quantitative estimate of drug-likeness (QED) is 0.625. The molecule has 1 aliphatic rings. The number of pyridine rings is 1. The van der Waals surface area contributed by atoms with E-state index in [2.05, 4.69) is 37.1 Å². The van der Waals surface area contributed by atoms with Crippen molar-refractivity contribution in [3.8, 4) is 11.5 Å². The van der Waals surface area contributed by atoms with Crippen LogP contribution in [0, 0.1) is 0 Å². The fourth-order valence-corrected chi connectivity index (χ4v) is 3.31. The van der Waals surface area contributed by atoms with Gasteiger partial charge in [0, 0.05) is 50.9 Å². The molecule has 0 bridgehead atoms. The first-order valence-corrected chi connectivity index (χ1v) is 9.72. The minimum absolute atomic E-state index is 0.707. The van der Waals surface area contributed by atoms with E-state index >= 15 is 0 Å². The highest BCUT2D eigenvalue weighted by Gasteiger charge is 2.20. The van der Waals surface area contributed by atoms with Crippen molar-refractivity contribution < 1.29 is 9.26 Å². The summed E-state index contributed by atoms with van der Waals surface area (Å²) in [6, 6.07) is 12.0. The number of benzene rings is 1. The fraction of sp³-hybridized carbons (Fsp3) is 0.381. The molecule has 7 heteroatoms. The molecule has 0 aliphatic carbocycles. The zero-order valence-corrected chi connectivity index (χ0v) is 16.1. The fourth-order valence-electron chi connectivity index (χ4n) is 3.31. The van der Waals surface area contributed by atoms with Crippen molar-refractivity contribution in [3.63, 3.8) is 0 Å². The summed E-state index contributed by atoms with van der Waals surface area (Å²) in [4.78, 5) is 13.4. The highest BCUT2D eigenvalue weighted by atomic mass is 16.5. The molecule has 0 spiro atoms. The second-order valence-corrected chi connectivity index (χ2v) is 6.91. The largest absolute Gasteiger partial charge is 0.455 e. The van der Waals surface area contributed by atoms with E-state index in [0.717, 1.165) is 63.0 Å². The van der Waals surface area contributed by atoms with Gasteiger partial charge in [0.1, 0.15) is 11.5 Å². The average molecular weight is 379 g/mol. The monoisotopic (exact) mass is 379 g/mol. The van der Waals surface area contributed by atoms with E-state index in [1.807, 2.05) is 31.2 Å². The minimum Gasteiger partial charge on any atom is -0.455 e. The predicted molar refractivity (Wildman–Crippen MR) is 105 cm³/mol. The Labute approximate surface area is 164 Å². The van der Waals surface area contributed by atoms with Crippen LogP contribution in [0.1, 0.15) is 24.2 Å². The first-order chi connectivity index (χ1) is 13.8. The van der Waals surface area contributed by atoms with Crippen molar-refractivity contribution in [2.75, 3.05) is 26.2 Å². The molecule has 0 atom stereocenters. The number of aromatic nitrogens is 3. The third kappa shape index (κ3) is 4.74. The number of rotatable bonds is 7. The standard InChI is InChI=1S/C21H25N5O2/c1-2-21-23-20(24-28-21)16-26-12-10-25(11-13-26)15-17-6-3-4-8-19(17)27-18-7-5-9-22-14-18/h3-9,14H,2,10-13,15-16H2,1H3. The summed E-state index contributed by atoms with van der Waals surface area (Å²) in [5, 5.41) is 4.06. The van der Waals surface area contributed by atoms with Gasteiger partial charge >= 0.3 is 0 Å². The van der Waals surface area contributed by atoms with Crippen molar-refractivity contribution in [2.45, 2.75) is 26.4 Å². The molecule has 28 heavy (non-hydrogen) atoms. The van der Waals surface area contributed by atoms with Gasteiger partial charge in [0.2, 0.25) is 5.89 Å². The summed E-state index contributed by atoms with van der Waals surface area (Å²) in [6.45, 7) is 7.61. The number of ether oxygens (including phenoxy) is 1. The molecular weight excluding hydrogens is 354 g/mol. The van der Waals surface area contributed by atoms with Crippen LogP contribution in [0.2, 0.25) is 0 Å². The maximum absolute atomic E-state index is 6.04. The number of hydrogen-bond donors (Lipinski definition) is 0. The van der Waals surface area contributed by atoms with E-state index in [-0.39, 0.29) is 0 Å². The van der Waals surface area contributed by atoms with Crippen LogP contribution in [0.15, 0.2) is 53.3 Å². The number of aryl methyl sites for hydroxylation is 1. The molecule has 0 radical (unpaired) electrons. The number of hydrogen-bond acceptors (Lipinski definition) is 7.